The lowest BCUT2D eigenvalue weighted by Gasteiger charge is -2.19. The van der Waals surface area contributed by atoms with Crippen molar-refractivity contribution < 1.29 is 9.53 Å². The number of nitrogens with one attached hydrogen (secondary N) is 1. The van der Waals surface area contributed by atoms with E-state index in [4.69, 9.17) is 4.74 Å². The van der Waals surface area contributed by atoms with Gasteiger partial charge >= 0.3 is 0 Å². The molecule has 1 N–H and O–H groups in total. The fourth-order valence-electron chi connectivity index (χ4n) is 1.29. The van der Waals surface area contributed by atoms with Crippen LogP contribution in [0, 0.1) is 13.8 Å². The van der Waals surface area contributed by atoms with Gasteiger partial charge in [0.2, 0.25) is 5.91 Å². The van der Waals surface area contributed by atoms with E-state index in [0.29, 0.717) is 0 Å². The molecule has 0 saturated carbocycles. The molecule has 0 spiro atoms. The molecular weight excluding hydrogens is 216 g/mol. The van der Waals surface area contributed by atoms with Gasteiger partial charge in [-0.3, -0.25) is 9.78 Å². The summed E-state index contributed by atoms with van der Waals surface area (Å²) in [5, 5.41) is 2.78. The van der Waals surface area contributed by atoms with Crippen LogP contribution >= 0.6 is 0 Å². The summed E-state index contributed by atoms with van der Waals surface area (Å²) in [5.74, 6) is -0.159. The van der Waals surface area contributed by atoms with Gasteiger partial charge in [-0.25, -0.2) is 0 Å². The number of anilines is 1. The molecule has 0 unspecified atom stereocenters. The minimum absolute atomic E-state index is 0.0524. The van der Waals surface area contributed by atoms with Crippen LogP contribution in [0.5, 0.6) is 0 Å². The van der Waals surface area contributed by atoms with Crippen molar-refractivity contribution in [2.45, 2.75) is 40.2 Å². The van der Waals surface area contributed by atoms with Gasteiger partial charge in [-0.15, -0.1) is 0 Å². The highest BCUT2D eigenvalue weighted by Gasteiger charge is 2.13. The standard InChI is InChI=1S/C13H20N2O2/c1-9-6-7-11(10(2)14-9)15-12(16)8-17-13(3,4)5/h6-7H,8H2,1-5H3,(H,15,16). The van der Waals surface area contributed by atoms with Gasteiger partial charge in [-0.05, 0) is 46.8 Å². The zero-order valence-electron chi connectivity index (χ0n) is 11.1. The van der Waals surface area contributed by atoms with Crippen LogP contribution < -0.4 is 5.32 Å². The van der Waals surface area contributed by atoms with Gasteiger partial charge in [-0.1, -0.05) is 0 Å². The maximum Gasteiger partial charge on any atom is 0.250 e. The highest BCUT2D eigenvalue weighted by molar-refractivity contribution is 5.92. The molecule has 1 aromatic heterocycles. The lowest BCUT2D eigenvalue weighted by Crippen LogP contribution is -2.27. The van der Waals surface area contributed by atoms with Crippen LogP contribution in [0.2, 0.25) is 0 Å². The number of nitrogens with zero attached hydrogens (tertiary/aromatic N) is 1. The van der Waals surface area contributed by atoms with Gasteiger partial charge in [0.25, 0.3) is 0 Å². The molecular formula is C13H20N2O2. The molecule has 17 heavy (non-hydrogen) atoms. The SMILES string of the molecule is Cc1ccc(NC(=O)COC(C)(C)C)c(C)n1. The van der Waals surface area contributed by atoms with E-state index in [1.165, 1.54) is 0 Å². The van der Waals surface area contributed by atoms with Crippen LogP contribution in [-0.4, -0.2) is 23.1 Å². The Labute approximate surface area is 102 Å². The minimum atomic E-state index is -0.308. The van der Waals surface area contributed by atoms with E-state index < -0.39 is 0 Å². The Balaban J connectivity index is 2.57. The zero-order chi connectivity index (χ0) is 13.1. The Hall–Kier alpha value is -1.42. The average molecular weight is 236 g/mol. The molecule has 0 aromatic carbocycles. The number of hydrogen-bond acceptors (Lipinski definition) is 3. The van der Waals surface area contributed by atoms with Crippen LogP contribution in [0.1, 0.15) is 32.2 Å². The summed E-state index contributed by atoms with van der Waals surface area (Å²) in [4.78, 5) is 15.9. The summed E-state index contributed by atoms with van der Waals surface area (Å²) < 4.78 is 5.39. The van der Waals surface area contributed by atoms with Gasteiger partial charge in [0.1, 0.15) is 6.61 Å². The lowest BCUT2D eigenvalue weighted by molar-refractivity contribution is -0.125. The third-order valence-corrected chi connectivity index (χ3v) is 2.14. The average Bonchev–Trinajstić information content (AvgIpc) is 2.18. The molecule has 4 heteroatoms. The Morgan fingerprint density at radius 1 is 1.35 bits per heavy atom. The van der Waals surface area contributed by atoms with E-state index in [-0.39, 0.29) is 18.1 Å². The second kappa shape index (κ2) is 5.27. The van der Waals surface area contributed by atoms with Crippen LogP contribution in [0.15, 0.2) is 12.1 Å². The summed E-state index contributed by atoms with van der Waals surface area (Å²) in [6.07, 6.45) is 0. The molecule has 1 amide bonds. The molecule has 1 aromatic rings. The van der Waals surface area contributed by atoms with Gasteiger partial charge in [-0.2, -0.15) is 0 Å². The topological polar surface area (TPSA) is 51.2 Å². The third-order valence-electron chi connectivity index (χ3n) is 2.14. The van der Waals surface area contributed by atoms with E-state index >= 15 is 0 Å². The van der Waals surface area contributed by atoms with E-state index in [9.17, 15) is 4.79 Å². The number of carbonyl (C=O) groups is 1. The maximum atomic E-state index is 11.6. The molecule has 0 aliphatic rings. The number of rotatable bonds is 3. The first-order chi connectivity index (χ1) is 7.78. The molecule has 1 heterocycles. The molecule has 0 aliphatic heterocycles. The van der Waals surface area contributed by atoms with Gasteiger partial charge < -0.3 is 10.1 Å². The first-order valence-corrected chi connectivity index (χ1v) is 5.66. The summed E-state index contributed by atoms with van der Waals surface area (Å²) in [5.41, 5.74) is 2.18. The van der Waals surface area contributed by atoms with Crippen LogP contribution in [0.25, 0.3) is 0 Å². The Kier molecular flexibility index (Phi) is 4.23. The smallest absolute Gasteiger partial charge is 0.250 e. The van der Waals surface area contributed by atoms with Gasteiger partial charge in [0, 0.05) is 5.69 Å². The molecule has 0 atom stereocenters. The first kappa shape index (κ1) is 13.6. The number of pyridine rings is 1. The first-order valence-electron chi connectivity index (χ1n) is 5.66. The van der Waals surface area contributed by atoms with Crippen molar-refractivity contribution in [1.29, 1.82) is 0 Å². The highest BCUT2D eigenvalue weighted by atomic mass is 16.5. The molecule has 0 aliphatic carbocycles. The second-order valence-corrected chi connectivity index (χ2v) is 5.03. The quantitative estimate of drug-likeness (QED) is 0.877. The third kappa shape index (κ3) is 4.95. The number of ether oxygens (including phenoxy) is 1. The summed E-state index contributed by atoms with van der Waals surface area (Å²) in [6.45, 7) is 9.59. The predicted octanol–water partition coefficient (Wildman–Crippen LogP) is 2.45. The van der Waals surface area contributed by atoms with E-state index in [1.807, 2.05) is 46.8 Å². The number of hydrogen-bond donors (Lipinski definition) is 1. The van der Waals surface area contributed by atoms with Crippen molar-refractivity contribution in [2.24, 2.45) is 0 Å². The number of carbonyl (C=O) groups excluding carboxylic acids is 1. The minimum Gasteiger partial charge on any atom is -0.366 e. The van der Waals surface area contributed by atoms with Crippen molar-refractivity contribution in [1.82, 2.24) is 4.98 Å². The normalized spacial score (nSPS) is 11.4. The van der Waals surface area contributed by atoms with Crippen molar-refractivity contribution in [3.05, 3.63) is 23.5 Å². The van der Waals surface area contributed by atoms with Crippen molar-refractivity contribution in [3.63, 3.8) is 0 Å². The Bertz CT molecular complexity index is 408. The molecule has 0 bridgehead atoms. The lowest BCUT2D eigenvalue weighted by atomic mass is 10.2. The summed E-state index contributed by atoms with van der Waals surface area (Å²) >= 11 is 0. The Morgan fingerprint density at radius 3 is 2.53 bits per heavy atom. The van der Waals surface area contributed by atoms with Gasteiger partial charge in [0.05, 0.1) is 17.0 Å². The summed E-state index contributed by atoms with van der Waals surface area (Å²) in [7, 11) is 0. The molecule has 0 fully saturated rings. The zero-order valence-corrected chi connectivity index (χ0v) is 11.1. The predicted molar refractivity (Wildman–Crippen MR) is 68.0 cm³/mol. The second-order valence-electron chi connectivity index (χ2n) is 5.03. The van der Waals surface area contributed by atoms with Crippen LogP contribution in [-0.2, 0) is 9.53 Å². The van der Waals surface area contributed by atoms with Crippen LogP contribution in [0.4, 0.5) is 5.69 Å². The largest absolute Gasteiger partial charge is 0.366 e. The number of amides is 1. The summed E-state index contributed by atoms with van der Waals surface area (Å²) in [6, 6.07) is 3.72. The van der Waals surface area contributed by atoms with Crippen molar-refractivity contribution >= 4 is 11.6 Å². The molecule has 4 nitrogen and oxygen atoms in total. The Morgan fingerprint density at radius 2 is 2.00 bits per heavy atom. The molecule has 1 rings (SSSR count). The van der Waals surface area contributed by atoms with E-state index in [0.717, 1.165) is 17.1 Å². The molecule has 94 valence electrons. The van der Waals surface area contributed by atoms with Crippen molar-refractivity contribution in [3.8, 4) is 0 Å². The fourth-order valence-corrected chi connectivity index (χ4v) is 1.29. The number of aryl methyl sites for hydroxylation is 2. The van der Waals surface area contributed by atoms with E-state index in [1.54, 1.807) is 0 Å². The monoisotopic (exact) mass is 236 g/mol. The van der Waals surface area contributed by atoms with Crippen LogP contribution in [0.3, 0.4) is 0 Å². The highest BCUT2D eigenvalue weighted by Crippen LogP contribution is 2.13. The van der Waals surface area contributed by atoms with Gasteiger partial charge in [0.15, 0.2) is 0 Å². The fraction of sp³-hybridized carbons (Fsp3) is 0.538. The maximum absolute atomic E-state index is 11.6. The number of aromatic nitrogens is 1. The van der Waals surface area contributed by atoms with Crippen molar-refractivity contribution in [2.75, 3.05) is 11.9 Å². The van der Waals surface area contributed by atoms with E-state index in [2.05, 4.69) is 10.3 Å². The molecule has 0 saturated heterocycles. The molecule has 0 radical (unpaired) electrons.